The summed E-state index contributed by atoms with van der Waals surface area (Å²) in [6.07, 6.45) is 1.31. The highest BCUT2D eigenvalue weighted by Gasteiger charge is 2.36. The van der Waals surface area contributed by atoms with Gasteiger partial charge in [-0.05, 0) is 48.4 Å². The van der Waals surface area contributed by atoms with Gasteiger partial charge in [0.25, 0.3) is 11.8 Å². The molecule has 1 aliphatic rings. The van der Waals surface area contributed by atoms with Crippen LogP contribution in [0.1, 0.15) is 11.1 Å². The Bertz CT molecular complexity index is 949. The molecule has 0 atom stereocenters. The minimum absolute atomic E-state index is 0.128. The van der Waals surface area contributed by atoms with Crippen molar-refractivity contribution in [2.45, 2.75) is 6.92 Å². The van der Waals surface area contributed by atoms with Crippen LogP contribution < -0.4 is 15.0 Å². The van der Waals surface area contributed by atoms with Crippen LogP contribution in [0, 0.1) is 6.92 Å². The highest BCUT2D eigenvalue weighted by atomic mass is 16.5. The molecule has 1 aliphatic heterocycles. The summed E-state index contributed by atoms with van der Waals surface area (Å²) in [6.45, 7) is 1.83. The fraction of sp³-hybridized carbons (Fsp3) is 0.105. The number of methoxy groups -OCH3 is 1. The Labute approximate surface area is 149 Å². The van der Waals surface area contributed by atoms with Crippen LogP contribution in [0.2, 0.25) is 0 Å². The first kappa shape index (κ1) is 17.2. The summed E-state index contributed by atoms with van der Waals surface area (Å²) in [6, 6.07) is 10.5. The quantitative estimate of drug-likeness (QED) is 0.653. The lowest BCUT2D eigenvalue weighted by molar-refractivity contribution is -0.122. The van der Waals surface area contributed by atoms with E-state index in [0.717, 1.165) is 10.5 Å². The van der Waals surface area contributed by atoms with Gasteiger partial charge in [-0.3, -0.25) is 14.9 Å². The van der Waals surface area contributed by atoms with E-state index in [2.05, 4.69) is 5.32 Å². The summed E-state index contributed by atoms with van der Waals surface area (Å²) in [7, 11) is 1.41. The monoisotopic (exact) mass is 352 g/mol. The molecule has 7 heteroatoms. The summed E-state index contributed by atoms with van der Waals surface area (Å²) in [4.78, 5) is 38.0. The van der Waals surface area contributed by atoms with Crippen LogP contribution in [-0.2, 0) is 9.59 Å². The van der Waals surface area contributed by atoms with Crippen molar-refractivity contribution in [1.29, 1.82) is 0 Å². The molecule has 0 aliphatic carbocycles. The number of nitrogens with zero attached hydrogens (tertiary/aromatic N) is 1. The van der Waals surface area contributed by atoms with E-state index in [1.54, 1.807) is 24.3 Å². The van der Waals surface area contributed by atoms with E-state index in [1.807, 2.05) is 13.0 Å². The van der Waals surface area contributed by atoms with Crippen LogP contribution in [0.15, 0.2) is 48.0 Å². The second-order valence-corrected chi connectivity index (χ2v) is 5.73. The van der Waals surface area contributed by atoms with E-state index in [9.17, 15) is 19.5 Å². The first-order chi connectivity index (χ1) is 12.4. The van der Waals surface area contributed by atoms with Crippen LogP contribution in [0.5, 0.6) is 11.5 Å². The predicted octanol–water partition coefficient (Wildman–Crippen LogP) is 2.38. The zero-order valence-corrected chi connectivity index (χ0v) is 14.1. The number of nitrogens with one attached hydrogen (secondary N) is 1. The van der Waals surface area contributed by atoms with Gasteiger partial charge in [-0.15, -0.1) is 0 Å². The van der Waals surface area contributed by atoms with Crippen molar-refractivity contribution in [3.05, 3.63) is 59.2 Å². The van der Waals surface area contributed by atoms with Gasteiger partial charge in [0.05, 0.1) is 12.8 Å². The number of carbonyl (C=O) groups is 3. The third-order valence-corrected chi connectivity index (χ3v) is 3.88. The summed E-state index contributed by atoms with van der Waals surface area (Å²) >= 11 is 0. The Morgan fingerprint density at radius 2 is 1.88 bits per heavy atom. The maximum absolute atomic E-state index is 12.8. The molecule has 3 rings (SSSR count). The van der Waals surface area contributed by atoms with Gasteiger partial charge in [-0.1, -0.05) is 18.2 Å². The minimum Gasteiger partial charge on any atom is -0.504 e. The number of phenols is 1. The van der Waals surface area contributed by atoms with E-state index in [0.29, 0.717) is 11.3 Å². The molecule has 132 valence electrons. The van der Waals surface area contributed by atoms with Crippen molar-refractivity contribution in [2.24, 2.45) is 0 Å². The van der Waals surface area contributed by atoms with Gasteiger partial charge in [0, 0.05) is 0 Å². The second kappa shape index (κ2) is 6.72. The van der Waals surface area contributed by atoms with E-state index in [-0.39, 0.29) is 17.1 Å². The number of imide groups is 2. The summed E-state index contributed by atoms with van der Waals surface area (Å²) < 4.78 is 4.96. The number of barbiturate groups is 1. The number of phenolic OH excluding ortho intramolecular Hbond substituents is 1. The number of ether oxygens (including phenoxy) is 1. The topological polar surface area (TPSA) is 95.9 Å². The highest BCUT2D eigenvalue weighted by Crippen LogP contribution is 2.28. The molecule has 0 spiro atoms. The Hall–Kier alpha value is -3.61. The van der Waals surface area contributed by atoms with E-state index in [4.69, 9.17) is 4.74 Å². The number of anilines is 1. The van der Waals surface area contributed by atoms with Gasteiger partial charge in [-0.25, -0.2) is 9.69 Å². The molecule has 26 heavy (non-hydrogen) atoms. The fourth-order valence-electron chi connectivity index (χ4n) is 2.62. The van der Waals surface area contributed by atoms with Crippen molar-refractivity contribution in [3.8, 4) is 11.5 Å². The third kappa shape index (κ3) is 3.14. The number of benzene rings is 2. The molecule has 2 aromatic carbocycles. The highest BCUT2D eigenvalue weighted by molar-refractivity contribution is 6.39. The molecule has 2 N–H and O–H groups in total. The standard InChI is InChI=1S/C19H16N2O5/c1-11-4-3-5-13(8-11)21-18(24)14(17(23)20-19(21)25)9-12-6-7-16(26-2)15(22)10-12/h3-10,22H,1-2H3,(H,20,23,25)/b14-9+. The molecule has 1 heterocycles. The van der Waals surface area contributed by atoms with Crippen LogP contribution in [0.4, 0.5) is 10.5 Å². The lowest BCUT2D eigenvalue weighted by atomic mass is 10.1. The van der Waals surface area contributed by atoms with E-state index < -0.39 is 17.8 Å². The van der Waals surface area contributed by atoms with Crippen molar-refractivity contribution in [1.82, 2.24) is 5.32 Å². The summed E-state index contributed by atoms with van der Waals surface area (Å²) in [5.41, 5.74) is 1.44. The molecule has 0 bridgehead atoms. The number of hydrogen-bond donors (Lipinski definition) is 2. The maximum Gasteiger partial charge on any atom is 0.335 e. The van der Waals surface area contributed by atoms with Gasteiger partial charge in [-0.2, -0.15) is 0 Å². The smallest absolute Gasteiger partial charge is 0.335 e. The van der Waals surface area contributed by atoms with Crippen LogP contribution in [0.3, 0.4) is 0 Å². The average molecular weight is 352 g/mol. The van der Waals surface area contributed by atoms with Crippen LogP contribution in [-0.4, -0.2) is 30.1 Å². The number of aromatic hydroxyl groups is 1. The van der Waals surface area contributed by atoms with Gasteiger partial charge in [0.15, 0.2) is 11.5 Å². The maximum atomic E-state index is 12.8. The van der Waals surface area contributed by atoms with Crippen molar-refractivity contribution >= 4 is 29.6 Å². The summed E-state index contributed by atoms with van der Waals surface area (Å²) in [5.74, 6) is -1.39. The normalized spacial score (nSPS) is 16.0. The van der Waals surface area contributed by atoms with Gasteiger partial charge in [0.2, 0.25) is 0 Å². The molecule has 4 amide bonds. The molecule has 2 aromatic rings. The molecular weight excluding hydrogens is 336 g/mol. The first-order valence-corrected chi connectivity index (χ1v) is 7.76. The number of aryl methyl sites for hydroxylation is 1. The number of amides is 4. The number of hydrogen-bond acceptors (Lipinski definition) is 5. The average Bonchev–Trinajstić information content (AvgIpc) is 2.58. The Kier molecular flexibility index (Phi) is 4.45. The molecule has 0 radical (unpaired) electrons. The number of carbonyl (C=O) groups excluding carboxylic acids is 3. The van der Waals surface area contributed by atoms with E-state index >= 15 is 0 Å². The minimum atomic E-state index is -0.805. The molecule has 0 saturated carbocycles. The first-order valence-electron chi connectivity index (χ1n) is 7.76. The van der Waals surface area contributed by atoms with Crippen LogP contribution >= 0.6 is 0 Å². The molecule has 1 saturated heterocycles. The third-order valence-electron chi connectivity index (χ3n) is 3.88. The van der Waals surface area contributed by atoms with Crippen molar-refractivity contribution in [2.75, 3.05) is 12.0 Å². The van der Waals surface area contributed by atoms with Gasteiger partial charge >= 0.3 is 6.03 Å². The second-order valence-electron chi connectivity index (χ2n) is 5.73. The molecule has 0 unspecified atom stereocenters. The molecular formula is C19H16N2O5. The molecule has 1 fully saturated rings. The fourth-order valence-corrected chi connectivity index (χ4v) is 2.62. The zero-order chi connectivity index (χ0) is 18.8. The lowest BCUT2D eigenvalue weighted by Gasteiger charge is -2.26. The van der Waals surface area contributed by atoms with Gasteiger partial charge in [0.1, 0.15) is 5.57 Å². The largest absolute Gasteiger partial charge is 0.504 e. The molecule has 7 nitrogen and oxygen atoms in total. The number of urea groups is 1. The predicted molar refractivity (Wildman–Crippen MR) is 94.8 cm³/mol. The van der Waals surface area contributed by atoms with Crippen molar-refractivity contribution < 1.29 is 24.2 Å². The Morgan fingerprint density at radius 1 is 1.12 bits per heavy atom. The van der Waals surface area contributed by atoms with Crippen molar-refractivity contribution in [3.63, 3.8) is 0 Å². The zero-order valence-electron chi connectivity index (χ0n) is 14.1. The van der Waals surface area contributed by atoms with Gasteiger partial charge < -0.3 is 9.84 Å². The Morgan fingerprint density at radius 3 is 2.54 bits per heavy atom. The lowest BCUT2D eigenvalue weighted by Crippen LogP contribution is -2.54. The number of rotatable bonds is 3. The summed E-state index contributed by atoms with van der Waals surface area (Å²) in [5, 5.41) is 12.0. The van der Waals surface area contributed by atoms with Crippen LogP contribution in [0.25, 0.3) is 6.08 Å². The SMILES string of the molecule is COc1ccc(/C=C2\C(=O)NC(=O)N(c3cccc(C)c3)C2=O)cc1O. The molecule has 0 aromatic heterocycles. The Balaban J connectivity index is 2.01. The van der Waals surface area contributed by atoms with E-state index in [1.165, 1.54) is 25.3 Å².